The van der Waals surface area contributed by atoms with Crippen LogP contribution in [-0.4, -0.2) is 40.4 Å². The number of nitrogens with zero attached hydrogens (tertiary/aromatic N) is 1. The highest BCUT2D eigenvalue weighted by Crippen LogP contribution is 2.22. The summed E-state index contributed by atoms with van der Waals surface area (Å²) in [6.45, 7) is 3.07. The van der Waals surface area contributed by atoms with Gasteiger partial charge in [-0.15, -0.1) is 11.8 Å². The van der Waals surface area contributed by atoms with Gasteiger partial charge in [-0.3, -0.25) is 4.79 Å². The number of piperidine rings is 1. The van der Waals surface area contributed by atoms with Crippen molar-refractivity contribution in [1.82, 2.24) is 4.90 Å². The molecule has 1 heterocycles. The molecule has 1 atom stereocenters. The largest absolute Gasteiger partial charge is 0.388 e. The Balaban J connectivity index is 1.75. The van der Waals surface area contributed by atoms with Gasteiger partial charge in [-0.2, -0.15) is 0 Å². The molecule has 1 N–H and O–H groups in total. The van der Waals surface area contributed by atoms with Crippen molar-refractivity contribution in [3.63, 3.8) is 0 Å². The maximum Gasteiger partial charge on any atom is 0.223 e. The van der Waals surface area contributed by atoms with Crippen molar-refractivity contribution in [3.05, 3.63) is 30.3 Å². The van der Waals surface area contributed by atoms with Crippen LogP contribution in [-0.2, 0) is 4.79 Å². The summed E-state index contributed by atoms with van der Waals surface area (Å²) in [5.41, 5.74) is -0.708. The SMILES string of the molecule is CC1(O)CCCN(C(=O)CCSc2ccccc2)C1. The third kappa shape index (κ3) is 4.55. The van der Waals surface area contributed by atoms with E-state index >= 15 is 0 Å². The number of aliphatic hydroxyl groups is 1. The Morgan fingerprint density at radius 3 is 2.84 bits per heavy atom. The van der Waals surface area contributed by atoms with Crippen LogP contribution in [0.15, 0.2) is 35.2 Å². The van der Waals surface area contributed by atoms with Gasteiger partial charge in [0, 0.05) is 30.2 Å². The first-order chi connectivity index (χ1) is 9.07. The lowest BCUT2D eigenvalue weighted by molar-refractivity contribution is -0.137. The molecule has 0 spiro atoms. The highest BCUT2D eigenvalue weighted by Gasteiger charge is 2.30. The Bertz CT molecular complexity index is 419. The van der Waals surface area contributed by atoms with Crippen LogP contribution in [0.2, 0.25) is 0 Å². The standard InChI is InChI=1S/C15H21NO2S/c1-15(18)9-5-10-16(12-15)14(17)8-11-19-13-6-3-2-4-7-13/h2-4,6-7,18H,5,8-12H2,1H3. The monoisotopic (exact) mass is 279 g/mol. The highest BCUT2D eigenvalue weighted by atomic mass is 32.2. The number of carbonyl (C=O) groups excluding carboxylic acids is 1. The first-order valence-electron chi connectivity index (χ1n) is 6.75. The van der Waals surface area contributed by atoms with Crippen LogP contribution in [0.3, 0.4) is 0 Å². The van der Waals surface area contributed by atoms with Crippen LogP contribution >= 0.6 is 11.8 Å². The molecule has 1 amide bonds. The van der Waals surface area contributed by atoms with Gasteiger partial charge < -0.3 is 10.0 Å². The van der Waals surface area contributed by atoms with Crippen LogP contribution < -0.4 is 0 Å². The predicted octanol–water partition coefficient (Wildman–Crippen LogP) is 2.54. The summed E-state index contributed by atoms with van der Waals surface area (Å²) in [6, 6.07) is 10.1. The van der Waals surface area contributed by atoms with Gasteiger partial charge in [0.05, 0.1) is 5.60 Å². The highest BCUT2D eigenvalue weighted by molar-refractivity contribution is 7.99. The van der Waals surface area contributed by atoms with Crippen LogP contribution in [0.25, 0.3) is 0 Å². The van der Waals surface area contributed by atoms with E-state index in [1.54, 1.807) is 16.7 Å². The van der Waals surface area contributed by atoms with E-state index in [0.29, 0.717) is 13.0 Å². The molecular formula is C15H21NO2S. The molecule has 1 unspecified atom stereocenters. The zero-order valence-electron chi connectivity index (χ0n) is 11.3. The molecule has 1 aromatic carbocycles. The zero-order valence-corrected chi connectivity index (χ0v) is 12.2. The number of hydrogen-bond acceptors (Lipinski definition) is 3. The maximum atomic E-state index is 12.1. The second-order valence-electron chi connectivity index (χ2n) is 5.33. The number of carbonyl (C=O) groups is 1. The molecular weight excluding hydrogens is 258 g/mol. The molecule has 19 heavy (non-hydrogen) atoms. The molecule has 0 aromatic heterocycles. The van der Waals surface area contributed by atoms with Crippen LogP contribution in [0.5, 0.6) is 0 Å². The van der Waals surface area contributed by atoms with Gasteiger partial charge >= 0.3 is 0 Å². The third-order valence-corrected chi connectivity index (χ3v) is 4.37. The fraction of sp³-hybridized carbons (Fsp3) is 0.533. The van der Waals surface area contributed by atoms with Crippen molar-refractivity contribution in [2.75, 3.05) is 18.8 Å². The topological polar surface area (TPSA) is 40.5 Å². The van der Waals surface area contributed by atoms with Crippen molar-refractivity contribution in [1.29, 1.82) is 0 Å². The van der Waals surface area contributed by atoms with Gasteiger partial charge in [-0.05, 0) is 31.9 Å². The van der Waals surface area contributed by atoms with E-state index < -0.39 is 5.60 Å². The predicted molar refractivity (Wildman–Crippen MR) is 78.2 cm³/mol. The average Bonchev–Trinajstić information content (AvgIpc) is 2.38. The average molecular weight is 279 g/mol. The van der Waals surface area contributed by atoms with E-state index in [9.17, 15) is 9.90 Å². The van der Waals surface area contributed by atoms with E-state index in [4.69, 9.17) is 0 Å². The molecule has 0 aliphatic carbocycles. The molecule has 1 aliphatic rings. The molecule has 1 saturated heterocycles. The number of hydrogen-bond donors (Lipinski definition) is 1. The molecule has 0 radical (unpaired) electrons. The van der Waals surface area contributed by atoms with Crippen molar-refractivity contribution in [2.45, 2.75) is 36.7 Å². The van der Waals surface area contributed by atoms with Crippen LogP contribution in [0.1, 0.15) is 26.2 Å². The Kier molecular flexibility index (Phi) is 4.88. The molecule has 1 aliphatic heterocycles. The minimum absolute atomic E-state index is 0.156. The first-order valence-corrected chi connectivity index (χ1v) is 7.73. The van der Waals surface area contributed by atoms with E-state index in [0.717, 1.165) is 25.1 Å². The normalized spacial score (nSPS) is 23.4. The Morgan fingerprint density at radius 2 is 2.16 bits per heavy atom. The minimum Gasteiger partial charge on any atom is -0.388 e. The van der Waals surface area contributed by atoms with E-state index in [1.165, 1.54) is 4.90 Å². The molecule has 0 saturated carbocycles. The lowest BCUT2D eigenvalue weighted by atomic mass is 9.95. The lowest BCUT2D eigenvalue weighted by Crippen LogP contribution is -2.48. The number of likely N-dealkylation sites (tertiary alicyclic amines) is 1. The summed E-state index contributed by atoms with van der Waals surface area (Å²) >= 11 is 1.70. The molecule has 4 heteroatoms. The van der Waals surface area contributed by atoms with Gasteiger partial charge in [-0.25, -0.2) is 0 Å². The van der Waals surface area contributed by atoms with Gasteiger partial charge in [-0.1, -0.05) is 18.2 Å². The third-order valence-electron chi connectivity index (χ3n) is 3.36. The zero-order chi connectivity index (χ0) is 13.7. The van der Waals surface area contributed by atoms with Crippen molar-refractivity contribution in [2.24, 2.45) is 0 Å². The molecule has 2 rings (SSSR count). The number of β-amino-alcohol motifs (C(OH)–C–C–N with tert-alkyl or cyclic N) is 1. The molecule has 0 bridgehead atoms. The van der Waals surface area contributed by atoms with Gasteiger partial charge in [0.2, 0.25) is 5.91 Å². The fourth-order valence-electron chi connectivity index (χ4n) is 2.36. The van der Waals surface area contributed by atoms with Crippen molar-refractivity contribution < 1.29 is 9.90 Å². The summed E-state index contributed by atoms with van der Waals surface area (Å²) < 4.78 is 0. The van der Waals surface area contributed by atoms with Gasteiger partial charge in [0.25, 0.3) is 0 Å². The second kappa shape index (κ2) is 6.44. The van der Waals surface area contributed by atoms with Gasteiger partial charge in [0.1, 0.15) is 0 Å². The van der Waals surface area contributed by atoms with Crippen LogP contribution in [0.4, 0.5) is 0 Å². The molecule has 1 aromatic rings. The van der Waals surface area contributed by atoms with Crippen molar-refractivity contribution in [3.8, 4) is 0 Å². The lowest BCUT2D eigenvalue weighted by Gasteiger charge is -2.36. The number of thioether (sulfide) groups is 1. The molecule has 104 valence electrons. The van der Waals surface area contributed by atoms with Crippen LogP contribution in [0, 0.1) is 0 Å². The summed E-state index contributed by atoms with van der Waals surface area (Å²) in [5, 5.41) is 10.00. The number of rotatable bonds is 4. The van der Waals surface area contributed by atoms with Crippen molar-refractivity contribution >= 4 is 17.7 Å². The van der Waals surface area contributed by atoms with E-state index in [-0.39, 0.29) is 5.91 Å². The smallest absolute Gasteiger partial charge is 0.223 e. The Hall–Kier alpha value is -1.00. The quantitative estimate of drug-likeness (QED) is 0.861. The second-order valence-corrected chi connectivity index (χ2v) is 6.50. The van der Waals surface area contributed by atoms with E-state index in [2.05, 4.69) is 12.1 Å². The Morgan fingerprint density at radius 1 is 1.42 bits per heavy atom. The minimum atomic E-state index is -0.708. The van der Waals surface area contributed by atoms with Gasteiger partial charge in [0.15, 0.2) is 0 Å². The molecule has 3 nitrogen and oxygen atoms in total. The van der Waals surface area contributed by atoms with E-state index in [1.807, 2.05) is 25.1 Å². The number of benzene rings is 1. The summed E-state index contributed by atoms with van der Waals surface area (Å²) in [4.78, 5) is 15.1. The number of amides is 1. The summed E-state index contributed by atoms with van der Waals surface area (Å²) in [7, 11) is 0. The molecule has 1 fully saturated rings. The fourth-order valence-corrected chi connectivity index (χ4v) is 3.23. The first kappa shape index (κ1) is 14.4. The maximum absolute atomic E-state index is 12.1. The summed E-state index contributed by atoms with van der Waals surface area (Å²) in [6.07, 6.45) is 2.22. The summed E-state index contributed by atoms with van der Waals surface area (Å²) in [5.74, 6) is 0.949. The Labute approximate surface area is 119 Å².